The number of likely N-dealkylation sites (tertiary alicyclic amines) is 1. The second kappa shape index (κ2) is 5.83. The standard InChI is InChI=1S/C12H24N2O/c1-13-9-11-4-6-14(7-5-11)12-3-2-8-15-10-12/h11-13H,2-10H2,1H3. The van der Waals surface area contributed by atoms with E-state index in [1.54, 1.807) is 0 Å². The van der Waals surface area contributed by atoms with Crippen LogP contribution >= 0.6 is 0 Å². The van der Waals surface area contributed by atoms with Crippen LogP contribution in [0.25, 0.3) is 0 Å². The molecule has 0 aromatic heterocycles. The highest BCUT2D eigenvalue weighted by Crippen LogP contribution is 2.21. The van der Waals surface area contributed by atoms with Crippen LogP contribution < -0.4 is 5.32 Å². The zero-order valence-corrected chi connectivity index (χ0v) is 9.87. The highest BCUT2D eigenvalue weighted by atomic mass is 16.5. The maximum absolute atomic E-state index is 5.56. The first-order valence-corrected chi connectivity index (χ1v) is 6.36. The van der Waals surface area contributed by atoms with Crippen molar-refractivity contribution in [2.24, 2.45) is 5.92 Å². The summed E-state index contributed by atoms with van der Waals surface area (Å²) in [6.45, 7) is 5.69. The molecule has 0 spiro atoms. The topological polar surface area (TPSA) is 24.5 Å². The van der Waals surface area contributed by atoms with Gasteiger partial charge in [0, 0.05) is 12.6 Å². The van der Waals surface area contributed by atoms with Gasteiger partial charge in [0.2, 0.25) is 0 Å². The van der Waals surface area contributed by atoms with Gasteiger partial charge in [0.15, 0.2) is 0 Å². The van der Waals surface area contributed by atoms with E-state index in [1.165, 1.54) is 45.3 Å². The summed E-state index contributed by atoms with van der Waals surface area (Å²) < 4.78 is 5.56. The molecule has 15 heavy (non-hydrogen) atoms. The predicted octanol–water partition coefficient (Wildman–Crippen LogP) is 1.10. The van der Waals surface area contributed by atoms with Crippen molar-refractivity contribution >= 4 is 0 Å². The Labute approximate surface area is 93.2 Å². The van der Waals surface area contributed by atoms with Crippen LogP contribution in [0, 0.1) is 5.92 Å². The Kier molecular flexibility index (Phi) is 4.42. The average molecular weight is 212 g/mol. The number of nitrogens with one attached hydrogen (secondary N) is 1. The fourth-order valence-electron chi connectivity index (χ4n) is 2.82. The summed E-state index contributed by atoms with van der Waals surface area (Å²) in [5.74, 6) is 0.899. The second-order valence-electron chi connectivity index (χ2n) is 4.91. The van der Waals surface area contributed by atoms with Gasteiger partial charge in [0.1, 0.15) is 0 Å². The van der Waals surface area contributed by atoms with Crippen molar-refractivity contribution in [3.8, 4) is 0 Å². The molecular weight excluding hydrogens is 188 g/mol. The monoisotopic (exact) mass is 212 g/mol. The van der Waals surface area contributed by atoms with Gasteiger partial charge in [-0.25, -0.2) is 0 Å². The number of hydrogen-bond acceptors (Lipinski definition) is 3. The van der Waals surface area contributed by atoms with Crippen molar-refractivity contribution in [1.82, 2.24) is 10.2 Å². The molecule has 0 saturated carbocycles. The maximum atomic E-state index is 5.56. The lowest BCUT2D eigenvalue weighted by Gasteiger charge is -2.39. The molecule has 0 aromatic carbocycles. The van der Waals surface area contributed by atoms with Gasteiger partial charge in [-0.3, -0.25) is 4.90 Å². The Morgan fingerprint density at radius 2 is 2.07 bits per heavy atom. The Balaban J connectivity index is 1.72. The van der Waals surface area contributed by atoms with E-state index in [4.69, 9.17) is 4.74 Å². The molecule has 2 aliphatic heterocycles. The highest BCUT2D eigenvalue weighted by Gasteiger charge is 2.26. The quantitative estimate of drug-likeness (QED) is 0.758. The molecule has 2 saturated heterocycles. The zero-order valence-electron chi connectivity index (χ0n) is 9.87. The van der Waals surface area contributed by atoms with E-state index in [-0.39, 0.29) is 0 Å². The Morgan fingerprint density at radius 3 is 2.67 bits per heavy atom. The molecule has 2 aliphatic rings. The molecule has 0 amide bonds. The maximum Gasteiger partial charge on any atom is 0.0621 e. The number of ether oxygens (including phenoxy) is 1. The average Bonchev–Trinajstić information content (AvgIpc) is 2.32. The summed E-state index contributed by atoms with van der Waals surface area (Å²) in [6.07, 6.45) is 5.31. The van der Waals surface area contributed by atoms with Crippen LogP contribution in [0.4, 0.5) is 0 Å². The third-order valence-corrected chi connectivity index (χ3v) is 3.79. The second-order valence-corrected chi connectivity index (χ2v) is 4.91. The van der Waals surface area contributed by atoms with Crippen LogP contribution in [0.3, 0.4) is 0 Å². The van der Waals surface area contributed by atoms with Gasteiger partial charge < -0.3 is 10.1 Å². The lowest BCUT2D eigenvalue weighted by molar-refractivity contribution is 0.00510. The van der Waals surface area contributed by atoms with Crippen LogP contribution in [0.5, 0.6) is 0 Å². The van der Waals surface area contributed by atoms with Crippen LogP contribution in [0.2, 0.25) is 0 Å². The highest BCUT2D eigenvalue weighted by molar-refractivity contribution is 4.80. The molecule has 2 fully saturated rings. The number of piperidine rings is 1. The molecular formula is C12H24N2O. The number of nitrogens with zero attached hydrogens (tertiary/aromatic N) is 1. The van der Waals surface area contributed by atoms with Crippen LogP contribution in [-0.2, 0) is 4.74 Å². The first kappa shape index (κ1) is 11.4. The lowest BCUT2D eigenvalue weighted by atomic mass is 9.95. The Hall–Kier alpha value is -0.120. The first-order chi connectivity index (χ1) is 7.40. The van der Waals surface area contributed by atoms with Crippen molar-refractivity contribution in [2.75, 3.05) is 39.9 Å². The molecule has 3 nitrogen and oxygen atoms in total. The number of hydrogen-bond donors (Lipinski definition) is 1. The van der Waals surface area contributed by atoms with E-state index >= 15 is 0 Å². The Morgan fingerprint density at radius 1 is 1.27 bits per heavy atom. The van der Waals surface area contributed by atoms with E-state index < -0.39 is 0 Å². The van der Waals surface area contributed by atoms with Crippen molar-refractivity contribution < 1.29 is 4.74 Å². The minimum Gasteiger partial charge on any atom is -0.380 e. The summed E-state index contributed by atoms with van der Waals surface area (Å²) in [5, 5.41) is 3.29. The van der Waals surface area contributed by atoms with Gasteiger partial charge in [-0.15, -0.1) is 0 Å². The van der Waals surface area contributed by atoms with Crippen LogP contribution in [-0.4, -0.2) is 50.8 Å². The first-order valence-electron chi connectivity index (χ1n) is 6.36. The van der Waals surface area contributed by atoms with E-state index in [0.29, 0.717) is 6.04 Å². The van der Waals surface area contributed by atoms with Crippen molar-refractivity contribution in [3.63, 3.8) is 0 Å². The minimum atomic E-state index is 0.717. The summed E-state index contributed by atoms with van der Waals surface area (Å²) in [4.78, 5) is 2.64. The van der Waals surface area contributed by atoms with E-state index in [1.807, 2.05) is 0 Å². The van der Waals surface area contributed by atoms with E-state index in [2.05, 4.69) is 17.3 Å². The Bertz CT molecular complexity index is 172. The zero-order chi connectivity index (χ0) is 10.5. The van der Waals surface area contributed by atoms with Gasteiger partial charge in [-0.05, 0) is 58.3 Å². The molecule has 3 heteroatoms. The summed E-state index contributed by atoms with van der Waals surface area (Å²) in [5.41, 5.74) is 0. The van der Waals surface area contributed by atoms with Crippen LogP contribution in [0.1, 0.15) is 25.7 Å². The number of rotatable bonds is 3. The lowest BCUT2D eigenvalue weighted by Crippen LogP contribution is -2.46. The van der Waals surface area contributed by atoms with Crippen LogP contribution in [0.15, 0.2) is 0 Å². The van der Waals surface area contributed by atoms with Crippen molar-refractivity contribution in [2.45, 2.75) is 31.7 Å². The van der Waals surface area contributed by atoms with E-state index in [9.17, 15) is 0 Å². The van der Waals surface area contributed by atoms with Gasteiger partial charge in [-0.1, -0.05) is 0 Å². The molecule has 1 unspecified atom stereocenters. The molecule has 2 rings (SSSR count). The fourth-order valence-corrected chi connectivity index (χ4v) is 2.82. The minimum absolute atomic E-state index is 0.717. The molecule has 0 aliphatic carbocycles. The normalized spacial score (nSPS) is 30.6. The summed E-state index contributed by atoms with van der Waals surface area (Å²) in [6, 6.07) is 0.717. The molecule has 0 aromatic rings. The SMILES string of the molecule is CNCC1CCN(C2CCCOC2)CC1. The van der Waals surface area contributed by atoms with Gasteiger partial charge in [0.25, 0.3) is 0 Å². The molecule has 1 atom stereocenters. The molecule has 0 bridgehead atoms. The fraction of sp³-hybridized carbons (Fsp3) is 1.00. The van der Waals surface area contributed by atoms with Gasteiger partial charge in [0.05, 0.1) is 6.61 Å². The van der Waals surface area contributed by atoms with Gasteiger partial charge >= 0.3 is 0 Å². The molecule has 2 heterocycles. The van der Waals surface area contributed by atoms with Crippen molar-refractivity contribution in [1.29, 1.82) is 0 Å². The van der Waals surface area contributed by atoms with Gasteiger partial charge in [-0.2, -0.15) is 0 Å². The smallest absolute Gasteiger partial charge is 0.0621 e. The molecule has 0 radical (unpaired) electrons. The van der Waals surface area contributed by atoms with Crippen molar-refractivity contribution in [3.05, 3.63) is 0 Å². The molecule has 88 valence electrons. The summed E-state index contributed by atoms with van der Waals surface area (Å²) in [7, 11) is 2.06. The van der Waals surface area contributed by atoms with E-state index in [0.717, 1.165) is 19.1 Å². The molecule has 1 N–H and O–H groups in total. The largest absolute Gasteiger partial charge is 0.380 e. The third-order valence-electron chi connectivity index (χ3n) is 3.79. The third kappa shape index (κ3) is 3.16. The summed E-state index contributed by atoms with van der Waals surface area (Å²) >= 11 is 0. The predicted molar refractivity (Wildman–Crippen MR) is 62.1 cm³/mol.